The molecule has 0 atom stereocenters. The lowest BCUT2D eigenvalue weighted by Crippen LogP contribution is -2.27. The monoisotopic (exact) mass is 457 g/mol. The van der Waals surface area contributed by atoms with Crippen molar-refractivity contribution >= 4 is 24.6 Å². The number of aldehydes is 1. The molecule has 0 spiro atoms. The molecule has 0 aliphatic rings. The number of benzene rings is 2. The number of hydrogen-bond donors (Lipinski definition) is 1. The minimum absolute atomic E-state index is 0.0293. The SMILES string of the molecule is C/C=C(/Oc1ccc(F)cc1/C=C\C=O)c1ccc(O)c(CN(CC)CCOC)c1OC=O. The first kappa shape index (κ1) is 25.8. The van der Waals surface area contributed by atoms with E-state index in [0.29, 0.717) is 60.7 Å². The van der Waals surface area contributed by atoms with Crippen molar-refractivity contribution < 1.29 is 33.3 Å². The molecule has 0 aliphatic carbocycles. The molecule has 33 heavy (non-hydrogen) atoms. The van der Waals surface area contributed by atoms with Gasteiger partial charge in [0.1, 0.15) is 35.1 Å². The zero-order chi connectivity index (χ0) is 24.2. The van der Waals surface area contributed by atoms with Crippen LogP contribution >= 0.6 is 0 Å². The number of halogens is 1. The Morgan fingerprint density at radius 1 is 1.21 bits per heavy atom. The van der Waals surface area contributed by atoms with Crippen molar-refractivity contribution in [3.05, 3.63) is 65.0 Å². The van der Waals surface area contributed by atoms with Crippen LogP contribution in [-0.4, -0.2) is 49.6 Å². The second-order valence-electron chi connectivity index (χ2n) is 6.95. The third-order valence-electron chi connectivity index (χ3n) is 4.92. The van der Waals surface area contributed by atoms with Crippen molar-refractivity contribution in [2.45, 2.75) is 20.4 Å². The fourth-order valence-electron chi connectivity index (χ4n) is 3.21. The number of carbonyl (C=O) groups excluding carboxylic acids is 2. The highest BCUT2D eigenvalue weighted by Crippen LogP contribution is 2.38. The molecular formula is C25H28FNO6. The Hall–Kier alpha value is -3.49. The Labute approximate surface area is 192 Å². The van der Waals surface area contributed by atoms with Gasteiger partial charge in [-0.05, 0) is 62.0 Å². The fourth-order valence-corrected chi connectivity index (χ4v) is 3.21. The maximum Gasteiger partial charge on any atom is 0.298 e. The highest BCUT2D eigenvalue weighted by Gasteiger charge is 2.21. The summed E-state index contributed by atoms with van der Waals surface area (Å²) in [7, 11) is 1.61. The normalized spacial score (nSPS) is 11.7. The highest BCUT2D eigenvalue weighted by molar-refractivity contribution is 5.77. The van der Waals surface area contributed by atoms with Gasteiger partial charge in [0.2, 0.25) is 0 Å². The van der Waals surface area contributed by atoms with E-state index in [4.69, 9.17) is 14.2 Å². The van der Waals surface area contributed by atoms with E-state index in [-0.39, 0.29) is 18.0 Å². The van der Waals surface area contributed by atoms with Gasteiger partial charge in [-0.15, -0.1) is 0 Å². The summed E-state index contributed by atoms with van der Waals surface area (Å²) >= 11 is 0. The number of aromatic hydroxyl groups is 1. The Balaban J connectivity index is 2.50. The molecule has 0 aromatic heterocycles. The predicted octanol–water partition coefficient (Wildman–Crippen LogP) is 4.19. The zero-order valence-corrected chi connectivity index (χ0v) is 18.9. The zero-order valence-electron chi connectivity index (χ0n) is 18.9. The summed E-state index contributed by atoms with van der Waals surface area (Å²) in [5.74, 6) is 0.256. The molecule has 0 heterocycles. The molecular weight excluding hydrogens is 429 g/mol. The summed E-state index contributed by atoms with van der Waals surface area (Å²) in [4.78, 5) is 24.1. The number of methoxy groups -OCH3 is 1. The summed E-state index contributed by atoms with van der Waals surface area (Å²) in [6.45, 7) is 6.10. The smallest absolute Gasteiger partial charge is 0.298 e. The molecule has 1 N–H and O–H groups in total. The molecule has 0 amide bonds. The number of carbonyl (C=O) groups is 2. The van der Waals surface area contributed by atoms with Gasteiger partial charge in [0.15, 0.2) is 0 Å². The number of likely N-dealkylation sites (N-methyl/N-ethyl adjacent to an activating group) is 1. The first-order chi connectivity index (χ1) is 16.0. The topological polar surface area (TPSA) is 85.3 Å². The van der Waals surface area contributed by atoms with E-state index in [2.05, 4.69) is 0 Å². The summed E-state index contributed by atoms with van der Waals surface area (Å²) in [6, 6.07) is 6.98. The molecule has 0 aliphatic heterocycles. The quantitative estimate of drug-likeness (QED) is 0.274. The van der Waals surface area contributed by atoms with Crippen LogP contribution in [0.1, 0.15) is 30.5 Å². The first-order valence-corrected chi connectivity index (χ1v) is 10.4. The van der Waals surface area contributed by atoms with Crippen LogP contribution in [0.3, 0.4) is 0 Å². The number of hydrogen-bond acceptors (Lipinski definition) is 7. The summed E-state index contributed by atoms with van der Waals surface area (Å²) in [5.41, 5.74) is 1.20. The molecule has 0 saturated heterocycles. The lowest BCUT2D eigenvalue weighted by molar-refractivity contribution is -0.120. The van der Waals surface area contributed by atoms with Crippen molar-refractivity contribution in [1.29, 1.82) is 0 Å². The maximum absolute atomic E-state index is 13.7. The van der Waals surface area contributed by atoms with Crippen LogP contribution in [0.2, 0.25) is 0 Å². The second kappa shape index (κ2) is 13.1. The number of ether oxygens (including phenoxy) is 3. The second-order valence-corrected chi connectivity index (χ2v) is 6.95. The summed E-state index contributed by atoms with van der Waals surface area (Å²) in [5, 5.41) is 10.5. The number of allylic oxidation sites excluding steroid dienone is 2. The van der Waals surface area contributed by atoms with Crippen molar-refractivity contribution in [2.75, 3.05) is 26.8 Å². The molecule has 2 rings (SSSR count). The molecule has 0 bridgehead atoms. The Bertz CT molecular complexity index is 1020. The average Bonchev–Trinajstić information content (AvgIpc) is 2.82. The number of phenols is 1. The van der Waals surface area contributed by atoms with E-state index in [1.54, 1.807) is 26.2 Å². The van der Waals surface area contributed by atoms with E-state index in [1.165, 1.54) is 36.4 Å². The van der Waals surface area contributed by atoms with Crippen molar-refractivity contribution in [1.82, 2.24) is 4.90 Å². The van der Waals surface area contributed by atoms with Crippen LogP contribution in [0.5, 0.6) is 17.2 Å². The van der Waals surface area contributed by atoms with E-state index in [9.17, 15) is 19.1 Å². The Morgan fingerprint density at radius 3 is 2.64 bits per heavy atom. The lowest BCUT2D eigenvalue weighted by Gasteiger charge is -2.23. The van der Waals surface area contributed by atoms with Crippen LogP contribution in [0.4, 0.5) is 4.39 Å². The summed E-state index contributed by atoms with van der Waals surface area (Å²) in [6.07, 6.45) is 4.90. The van der Waals surface area contributed by atoms with Gasteiger partial charge in [-0.25, -0.2) is 4.39 Å². The standard InChI is InChI=1S/C25H28FNO6/c1-4-23(33-24-11-8-19(26)15-18(24)7-6-13-28)20-9-10-22(30)21(25(20)32-17-29)16-27(5-2)12-14-31-3/h4,6-11,13,15,17,30H,5,12,14,16H2,1-3H3/b7-6-,23-4+. The predicted molar refractivity (Wildman–Crippen MR) is 123 cm³/mol. The molecule has 0 radical (unpaired) electrons. The fraction of sp³-hybridized carbons (Fsp3) is 0.280. The molecule has 7 nitrogen and oxygen atoms in total. The highest BCUT2D eigenvalue weighted by atomic mass is 19.1. The summed E-state index contributed by atoms with van der Waals surface area (Å²) < 4.78 is 30.2. The first-order valence-electron chi connectivity index (χ1n) is 10.4. The van der Waals surface area contributed by atoms with Gasteiger partial charge in [-0.3, -0.25) is 14.5 Å². The molecule has 8 heteroatoms. The van der Waals surface area contributed by atoms with E-state index >= 15 is 0 Å². The minimum Gasteiger partial charge on any atom is -0.507 e. The van der Waals surface area contributed by atoms with Gasteiger partial charge < -0.3 is 19.3 Å². The van der Waals surface area contributed by atoms with E-state index < -0.39 is 5.82 Å². The average molecular weight is 457 g/mol. The van der Waals surface area contributed by atoms with Crippen LogP contribution in [0.15, 0.2) is 42.5 Å². The van der Waals surface area contributed by atoms with Crippen molar-refractivity contribution in [3.8, 4) is 17.2 Å². The molecule has 0 saturated carbocycles. The Kier molecular flexibility index (Phi) is 10.3. The van der Waals surface area contributed by atoms with E-state index in [0.717, 1.165) is 0 Å². The molecule has 176 valence electrons. The number of nitrogens with zero attached hydrogens (tertiary/aromatic N) is 1. The van der Waals surface area contributed by atoms with Crippen LogP contribution in [0, 0.1) is 5.82 Å². The van der Waals surface area contributed by atoms with Crippen LogP contribution in [-0.2, 0) is 20.9 Å². The molecule has 0 fully saturated rings. The van der Waals surface area contributed by atoms with Gasteiger partial charge in [0.25, 0.3) is 6.47 Å². The van der Waals surface area contributed by atoms with Crippen LogP contribution in [0.25, 0.3) is 11.8 Å². The third kappa shape index (κ3) is 7.00. The maximum atomic E-state index is 13.7. The lowest BCUT2D eigenvalue weighted by atomic mass is 10.0. The molecule has 0 unspecified atom stereocenters. The Morgan fingerprint density at radius 2 is 2.00 bits per heavy atom. The van der Waals surface area contributed by atoms with Crippen molar-refractivity contribution in [3.63, 3.8) is 0 Å². The van der Waals surface area contributed by atoms with Gasteiger partial charge in [-0.2, -0.15) is 0 Å². The molecule has 2 aromatic carbocycles. The largest absolute Gasteiger partial charge is 0.507 e. The van der Waals surface area contributed by atoms with Gasteiger partial charge >= 0.3 is 0 Å². The minimum atomic E-state index is -0.484. The number of phenolic OH excluding ortho intramolecular Hbond substituents is 1. The number of rotatable bonds is 13. The van der Waals surface area contributed by atoms with Crippen molar-refractivity contribution in [2.24, 2.45) is 0 Å². The van der Waals surface area contributed by atoms with Crippen LogP contribution < -0.4 is 9.47 Å². The third-order valence-corrected chi connectivity index (χ3v) is 4.92. The molecule has 2 aromatic rings. The van der Waals surface area contributed by atoms with E-state index in [1.807, 2.05) is 11.8 Å². The van der Waals surface area contributed by atoms with Gasteiger partial charge in [-0.1, -0.05) is 6.92 Å². The van der Waals surface area contributed by atoms with Gasteiger partial charge in [0.05, 0.1) is 17.7 Å². The van der Waals surface area contributed by atoms with Gasteiger partial charge in [0, 0.05) is 25.8 Å².